The molecule has 0 amide bonds. The first-order valence-corrected chi connectivity index (χ1v) is 8.93. The van der Waals surface area contributed by atoms with Crippen LogP contribution in [0, 0.1) is 12.8 Å². The minimum absolute atomic E-state index is 0. The van der Waals surface area contributed by atoms with E-state index in [1.54, 1.807) is 7.05 Å². The molecule has 2 N–H and O–H groups in total. The van der Waals surface area contributed by atoms with E-state index in [0.717, 1.165) is 49.4 Å². The molecule has 1 unspecified atom stereocenters. The summed E-state index contributed by atoms with van der Waals surface area (Å²) in [5.41, 5.74) is 1.15. The lowest BCUT2D eigenvalue weighted by Gasteiger charge is -2.18. The molecule has 0 aromatic heterocycles. The topological polar surface area (TPSA) is 54.9 Å². The van der Waals surface area contributed by atoms with Crippen molar-refractivity contribution in [2.24, 2.45) is 10.9 Å². The van der Waals surface area contributed by atoms with Gasteiger partial charge < -0.3 is 20.1 Å². The molecule has 142 valence electrons. The van der Waals surface area contributed by atoms with Gasteiger partial charge in [-0.3, -0.25) is 4.99 Å². The van der Waals surface area contributed by atoms with E-state index in [0.29, 0.717) is 6.54 Å². The Bertz CT molecular complexity index is 521. The quantitative estimate of drug-likeness (QED) is 0.243. The van der Waals surface area contributed by atoms with Crippen LogP contribution in [0.3, 0.4) is 0 Å². The highest BCUT2D eigenvalue weighted by Crippen LogP contribution is 2.28. The summed E-state index contributed by atoms with van der Waals surface area (Å²) >= 11 is 0. The van der Waals surface area contributed by atoms with Crippen LogP contribution in [0.1, 0.15) is 31.7 Å². The molecule has 0 spiro atoms. The molecule has 0 aliphatic heterocycles. The van der Waals surface area contributed by atoms with E-state index in [9.17, 15) is 0 Å². The van der Waals surface area contributed by atoms with Crippen LogP contribution in [-0.4, -0.2) is 45.4 Å². The van der Waals surface area contributed by atoms with Gasteiger partial charge in [-0.05, 0) is 50.7 Å². The second-order valence-corrected chi connectivity index (χ2v) is 6.45. The Labute approximate surface area is 169 Å². The predicted molar refractivity (Wildman–Crippen MR) is 114 cm³/mol. The van der Waals surface area contributed by atoms with Crippen LogP contribution in [0.4, 0.5) is 0 Å². The van der Waals surface area contributed by atoms with E-state index in [-0.39, 0.29) is 30.1 Å². The Morgan fingerprint density at radius 2 is 2.04 bits per heavy atom. The summed E-state index contributed by atoms with van der Waals surface area (Å²) in [7, 11) is 1.78. The van der Waals surface area contributed by atoms with E-state index >= 15 is 0 Å². The van der Waals surface area contributed by atoms with Gasteiger partial charge in [0, 0.05) is 26.8 Å². The molecule has 1 aliphatic rings. The van der Waals surface area contributed by atoms with Gasteiger partial charge in [-0.1, -0.05) is 18.2 Å². The molecule has 0 heterocycles. The zero-order valence-corrected chi connectivity index (χ0v) is 17.9. The highest BCUT2D eigenvalue weighted by atomic mass is 127. The largest absolute Gasteiger partial charge is 0.489 e. The Balaban J connectivity index is 0.00000312. The van der Waals surface area contributed by atoms with E-state index in [4.69, 9.17) is 9.47 Å². The van der Waals surface area contributed by atoms with Crippen molar-refractivity contribution < 1.29 is 9.47 Å². The van der Waals surface area contributed by atoms with Gasteiger partial charge in [0.05, 0.1) is 6.54 Å². The van der Waals surface area contributed by atoms with Crippen LogP contribution >= 0.6 is 24.0 Å². The average Bonchev–Trinajstić information content (AvgIpc) is 3.40. The molecule has 1 aromatic carbocycles. The van der Waals surface area contributed by atoms with Crippen LogP contribution in [0.15, 0.2) is 29.3 Å². The third kappa shape index (κ3) is 9.30. The normalized spacial score (nSPS) is 15.2. The van der Waals surface area contributed by atoms with Crippen molar-refractivity contribution in [3.63, 3.8) is 0 Å². The molecule has 1 atom stereocenters. The average molecular weight is 461 g/mol. The molecular formula is C19H32IN3O2. The monoisotopic (exact) mass is 461 g/mol. The second-order valence-electron chi connectivity index (χ2n) is 6.45. The minimum Gasteiger partial charge on any atom is -0.489 e. The summed E-state index contributed by atoms with van der Waals surface area (Å²) in [6, 6.07) is 8.07. The summed E-state index contributed by atoms with van der Waals surface area (Å²) in [5.74, 6) is 2.57. The second kappa shape index (κ2) is 12.4. The van der Waals surface area contributed by atoms with Gasteiger partial charge in [-0.2, -0.15) is 0 Å². The van der Waals surface area contributed by atoms with Crippen molar-refractivity contribution in [2.75, 3.05) is 33.4 Å². The summed E-state index contributed by atoms with van der Waals surface area (Å²) in [4.78, 5) is 4.24. The van der Waals surface area contributed by atoms with E-state index in [2.05, 4.69) is 35.5 Å². The van der Waals surface area contributed by atoms with Crippen LogP contribution in [0.5, 0.6) is 5.75 Å². The van der Waals surface area contributed by atoms with Gasteiger partial charge in [0.15, 0.2) is 5.96 Å². The third-order valence-corrected chi connectivity index (χ3v) is 4.01. The van der Waals surface area contributed by atoms with Crippen molar-refractivity contribution in [1.82, 2.24) is 10.6 Å². The number of ether oxygens (including phenoxy) is 2. The van der Waals surface area contributed by atoms with Crippen molar-refractivity contribution in [3.8, 4) is 5.75 Å². The first-order chi connectivity index (χ1) is 11.7. The molecule has 2 rings (SSSR count). The van der Waals surface area contributed by atoms with Crippen LogP contribution in [-0.2, 0) is 4.74 Å². The molecule has 0 radical (unpaired) electrons. The number of guanidine groups is 1. The Hall–Kier alpha value is -1.02. The standard InChI is InChI=1S/C19H31N3O2.HI/c1-15-7-4-5-8-18(15)24-16(2)13-22-19(20-3)21-11-6-12-23-14-17-9-10-17;/h4-5,7-8,16-17H,6,9-14H2,1-3H3,(H2,20,21,22);1H. The fourth-order valence-corrected chi connectivity index (χ4v) is 2.32. The molecule has 1 aromatic rings. The molecular weight excluding hydrogens is 429 g/mol. The molecule has 1 fully saturated rings. The maximum absolute atomic E-state index is 5.96. The van der Waals surface area contributed by atoms with Crippen molar-refractivity contribution in [1.29, 1.82) is 0 Å². The lowest BCUT2D eigenvalue weighted by Crippen LogP contribution is -2.42. The zero-order valence-electron chi connectivity index (χ0n) is 15.6. The summed E-state index contributed by atoms with van der Waals surface area (Å²) < 4.78 is 11.6. The Morgan fingerprint density at radius 1 is 1.28 bits per heavy atom. The Morgan fingerprint density at radius 3 is 2.72 bits per heavy atom. The van der Waals surface area contributed by atoms with Crippen molar-refractivity contribution in [3.05, 3.63) is 29.8 Å². The fraction of sp³-hybridized carbons (Fsp3) is 0.632. The molecule has 25 heavy (non-hydrogen) atoms. The zero-order chi connectivity index (χ0) is 17.2. The Kier molecular flexibility index (Phi) is 10.9. The first-order valence-electron chi connectivity index (χ1n) is 8.93. The van der Waals surface area contributed by atoms with Gasteiger partial charge in [-0.15, -0.1) is 24.0 Å². The predicted octanol–water partition coefficient (Wildman–Crippen LogP) is 3.36. The summed E-state index contributed by atoms with van der Waals surface area (Å²) in [6.07, 6.45) is 3.74. The SMILES string of the molecule is CN=C(NCCCOCC1CC1)NCC(C)Oc1ccccc1C.I. The number of hydrogen-bond donors (Lipinski definition) is 2. The van der Waals surface area contributed by atoms with E-state index < -0.39 is 0 Å². The molecule has 5 nitrogen and oxygen atoms in total. The van der Waals surface area contributed by atoms with Gasteiger partial charge in [-0.25, -0.2) is 0 Å². The molecule has 0 bridgehead atoms. The van der Waals surface area contributed by atoms with Gasteiger partial charge in [0.2, 0.25) is 0 Å². The number of halogens is 1. The lowest BCUT2D eigenvalue weighted by atomic mass is 10.2. The number of hydrogen-bond acceptors (Lipinski definition) is 3. The van der Waals surface area contributed by atoms with Crippen molar-refractivity contribution >= 4 is 29.9 Å². The number of nitrogens with one attached hydrogen (secondary N) is 2. The third-order valence-electron chi connectivity index (χ3n) is 4.01. The number of rotatable bonds is 10. The number of nitrogens with zero attached hydrogens (tertiary/aromatic N) is 1. The highest BCUT2D eigenvalue weighted by Gasteiger charge is 2.20. The van der Waals surface area contributed by atoms with Gasteiger partial charge >= 0.3 is 0 Å². The number of aryl methyl sites for hydroxylation is 1. The highest BCUT2D eigenvalue weighted by molar-refractivity contribution is 14.0. The van der Waals surface area contributed by atoms with Crippen LogP contribution in [0.2, 0.25) is 0 Å². The molecule has 1 aliphatic carbocycles. The lowest BCUT2D eigenvalue weighted by molar-refractivity contribution is 0.123. The minimum atomic E-state index is 0. The molecule has 0 saturated heterocycles. The molecule has 1 saturated carbocycles. The van der Waals surface area contributed by atoms with Crippen LogP contribution in [0.25, 0.3) is 0 Å². The summed E-state index contributed by atoms with van der Waals surface area (Å²) in [6.45, 7) is 7.41. The fourth-order valence-electron chi connectivity index (χ4n) is 2.32. The van der Waals surface area contributed by atoms with Gasteiger partial charge in [0.1, 0.15) is 11.9 Å². The maximum atomic E-state index is 5.96. The van der Waals surface area contributed by atoms with E-state index in [1.165, 1.54) is 12.8 Å². The molecule has 6 heteroatoms. The van der Waals surface area contributed by atoms with Crippen molar-refractivity contribution in [2.45, 2.75) is 39.2 Å². The first kappa shape index (κ1) is 22.0. The summed E-state index contributed by atoms with van der Waals surface area (Å²) in [5, 5.41) is 6.61. The smallest absolute Gasteiger partial charge is 0.191 e. The number of aliphatic imine (C=N–C) groups is 1. The van der Waals surface area contributed by atoms with E-state index in [1.807, 2.05) is 18.2 Å². The van der Waals surface area contributed by atoms with Crippen LogP contribution < -0.4 is 15.4 Å². The maximum Gasteiger partial charge on any atom is 0.191 e. The number of para-hydroxylation sites is 1. The van der Waals surface area contributed by atoms with Gasteiger partial charge in [0.25, 0.3) is 0 Å². The number of benzene rings is 1.